The van der Waals surface area contributed by atoms with Gasteiger partial charge in [0.15, 0.2) is 5.96 Å². The van der Waals surface area contributed by atoms with E-state index in [9.17, 15) is 5.11 Å². The first-order valence-corrected chi connectivity index (χ1v) is 8.03. The first-order chi connectivity index (χ1) is 9.28. The molecule has 2 rings (SSSR count). The molecule has 3 N–H and O–H groups in total. The lowest BCUT2D eigenvalue weighted by atomic mass is 9.93. The van der Waals surface area contributed by atoms with Crippen LogP contribution >= 0.6 is 24.0 Å². The Kier molecular flexibility index (Phi) is 8.84. The Morgan fingerprint density at radius 3 is 2.05 bits per heavy atom. The predicted octanol–water partition coefficient (Wildman–Crippen LogP) is 2.80. The quantitative estimate of drug-likeness (QED) is 0.391. The van der Waals surface area contributed by atoms with Crippen LogP contribution in [0.3, 0.4) is 0 Å². The molecule has 0 aromatic carbocycles. The van der Waals surface area contributed by atoms with Crippen LogP contribution in [0.4, 0.5) is 0 Å². The SMILES string of the molecule is CCN=C(NC1CCCCC1)NC1CCC(O)CC1.I. The number of nitrogens with one attached hydrogen (secondary N) is 2. The number of rotatable bonds is 3. The average molecular weight is 395 g/mol. The molecule has 0 aromatic heterocycles. The van der Waals surface area contributed by atoms with Crippen molar-refractivity contribution in [1.82, 2.24) is 10.6 Å². The van der Waals surface area contributed by atoms with Gasteiger partial charge in [0.1, 0.15) is 0 Å². The maximum absolute atomic E-state index is 9.55. The number of guanidine groups is 1. The number of halogens is 1. The van der Waals surface area contributed by atoms with Gasteiger partial charge in [0.25, 0.3) is 0 Å². The standard InChI is InChI=1S/C15H29N3O.HI/c1-2-16-15(17-12-6-4-3-5-7-12)18-13-8-10-14(19)11-9-13;/h12-14,19H,2-11H2,1H3,(H2,16,17,18);1H. The summed E-state index contributed by atoms with van der Waals surface area (Å²) in [7, 11) is 0. The van der Waals surface area contributed by atoms with Gasteiger partial charge in [-0.3, -0.25) is 4.99 Å². The lowest BCUT2D eigenvalue weighted by Crippen LogP contribution is -2.49. The van der Waals surface area contributed by atoms with Gasteiger partial charge in [-0.25, -0.2) is 0 Å². The van der Waals surface area contributed by atoms with Crippen molar-refractivity contribution in [1.29, 1.82) is 0 Å². The van der Waals surface area contributed by atoms with E-state index in [2.05, 4.69) is 22.5 Å². The largest absolute Gasteiger partial charge is 0.393 e. The van der Waals surface area contributed by atoms with Crippen molar-refractivity contribution in [3.05, 3.63) is 0 Å². The van der Waals surface area contributed by atoms with Crippen LogP contribution in [0.5, 0.6) is 0 Å². The Morgan fingerprint density at radius 1 is 0.950 bits per heavy atom. The lowest BCUT2D eigenvalue weighted by Gasteiger charge is -2.30. The van der Waals surface area contributed by atoms with Crippen molar-refractivity contribution < 1.29 is 5.11 Å². The summed E-state index contributed by atoms with van der Waals surface area (Å²) in [6.07, 6.45) is 10.5. The van der Waals surface area contributed by atoms with Crippen molar-refractivity contribution in [2.24, 2.45) is 4.99 Å². The summed E-state index contributed by atoms with van der Waals surface area (Å²) in [5, 5.41) is 16.7. The zero-order valence-electron chi connectivity index (χ0n) is 12.6. The van der Waals surface area contributed by atoms with Crippen LogP contribution in [-0.4, -0.2) is 35.8 Å². The Hall–Kier alpha value is -0.0400. The summed E-state index contributed by atoms with van der Waals surface area (Å²) in [5.41, 5.74) is 0. The third-order valence-corrected chi connectivity index (χ3v) is 4.30. The molecule has 2 aliphatic rings. The molecule has 2 aliphatic carbocycles. The normalized spacial score (nSPS) is 28.6. The highest BCUT2D eigenvalue weighted by molar-refractivity contribution is 14.0. The maximum atomic E-state index is 9.55. The van der Waals surface area contributed by atoms with Crippen molar-refractivity contribution in [2.75, 3.05) is 6.54 Å². The second kappa shape index (κ2) is 9.82. The maximum Gasteiger partial charge on any atom is 0.191 e. The van der Waals surface area contributed by atoms with E-state index in [0.717, 1.165) is 38.2 Å². The first-order valence-electron chi connectivity index (χ1n) is 8.03. The Balaban J connectivity index is 0.00000200. The zero-order valence-corrected chi connectivity index (χ0v) is 14.9. The minimum Gasteiger partial charge on any atom is -0.393 e. The van der Waals surface area contributed by atoms with Crippen molar-refractivity contribution in [3.8, 4) is 0 Å². The number of nitrogens with zero attached hydrogens (tertiary/aromatic N) is 1. The molecule has 0 bridgehead atoms. The van der Waals surface area contributed by atoms with E-state index in [0.29, 0.717) is 12.1 Å². The molecule has 2 saturated carbocycles. The van der Waals surface area contributed by atoms with Gasteiger partial charge in [0.2, 0.25) is 0 Å². The van der Waals surface area contributed by atoms with E-state index in [1.807, 2.05) is 0 Å². The number of aliphatic hydroxyl groups is 1. The third-order valence-electron chi connectivity index (χ3n) is 4.30. The summed E-state index contributed by atoms with van der Waals surface area (Å²) in [5.74, 6) is 0.982. The molecular weight excluding hydrogens is 365 g/mol. The van der Waals surface area contributed by atoms with Gasteiger partial charge in [-0.1, -0.05) is 19.3 Å². The molecule has 0 aliphatic heterocycles. The molecule has 0 unspecified atom stereocenters. The Bertz CT molecular complexity index is 285. The summed E-state index contributed by atoms with van der Waals surface area (Å²) in [6.45, 7) is 2.90. The summed E-state index contributed by atoms with van der Waals surface area (Å²) in [6, 6.07) is 1.07. The molecule has 0 atom stereocenters. The van der Waals surface area contributed by atoms with Crippen molar-refractivity contribution >= 4 is 29.9 Å². The van der Waals surface area contributed by atoms with Crippen LogP contribution in [0.1, 0.15) is 64.7 Å². The zero-order chi connectivity index (χ0) is 13.5. The number of hydrogen-bond acceptors (Lipinski definition) is 2. The van der Waals surface area contributed by atoms with Crippen LogP contribution in [0, 0.1) is 0 Å². The predicted molar refractivity (Wildman–Crippen MR) is 94.8 cm³/mol. The molecule has 0 aromatic rings. The number of aliphatic imine (C=N–C) groups is 1. The molecule has 0 radical (unpaired) electrons. The van der Waals surface area contributed by atoms with Gasteiger partial charge >= 0.3 is 0 Å². The highest BCUT2D eigenvalue weighted by Gasteiger charge is 2.21. The van der Waals surface area contributed by atoms with Crippen LogP contribution in [0.25, 0.3) is 0 Å². The van der Waals surface area contributed by atoms with Gasteiger partial charge < -0.3 is 15.7 Å². The van der Waals surface area contributed by atoms with Crippen molar-refractivity contribution in [3.63, 3.8) is 0 Å². The molecule has 0 saturated heterocycles. The fourth-order valence-corrected chi connectivity index (χ4v) is 3.14. The topological polar surface area (TPSA) is 56.7 Å². The molecule has 2 fully saturated rings. The third kappa shape index (κ3) is 6.16. The Morgan fingerprint density at radius 2 is 1.50 bits per heavy atom. The second-order valence-corrected chi connectivity index (χ2v) is 5.95. The molecule has 0 spiro atoms. The number of hydrogen-bond donors (Lipinski definition) is 3. The van der Waals surface area contributed by atoms with Gasteiger partial charge in [0.05, 0.1) is 6.10 Å². The van der Waals surface area contributed by atoms with Crippen LogP contribution in [-0.2, 0) is 0 Å². The fourth-order valence-electron chi connectivity index (χ4n) is 3.14. The molecule has 20 heavy (non-hydrogen) atoms. The average Bonchev–Trinajstić information content (AvgIpc) is 2.43. The molecular formula is C15H30IN3O. The lowest BCUT2D eigenvalue weighted by molar-refractivity contribution is 0.120. The van der Waals surface area contributed by atoms with Gasteiger partial charge in [0, 0.05) is 18.6 Å². The second-order valence-electron chi connectivity index (χ2n) is 5.95. The number of aliphatic hydroxyl groups excluding tert-OH is 1. The first kappa shape index (κ1) is 18.0. The highest BCUT2D eigenvalue weighted by Crippen LogP contribution is 2.19. The fraction of sp³-hybridized carbons (Fsp3) is 0.933. The Labute approximate surface area is 140 Å². The monoisotopic (exact) mass is 395 g/mol. The van der Waals surface area contributed by atoms with E-state index in [1.165, 1.54) is 32.1 Å². The molecule has 0 heterocycles. The molecule has 5 heteroatoms. The van der Waals surface area contributed by atoms with E-state index < -0.39 is 0 Å². The van der Waals surface area contributed by atoms with E-state index >= 15 is 0 Å². The van der Waals surface area contributed by atoms with Crippen molar-refractivity contribution in [2.45, 2.75) is 82.9 Å². The minimum atomic E-state index is -0.0871. The minimum absolute atomic E-state index is 0. The summed E-state index contributed by atoms with van der Waals surface area (Å²) in [4.78, 5) is 4.56. The van der Waals surface area contributed by atoms with Crippen LogP contribution in [0.15, 0.2) is 4.99 Å². The van der Waals surface area contributed by atoms with Gasteiger partial charge in [-0.05, 0) is 45.4 Å². The van der Waals surface area contributed by atoms with Gasteiger partial charge in [-0.15, -0.1) is 24.0 Å². The van der Waals surface area contributed by atoms with Crippen LogP contribution < -0.4 is 10.6 Å². The van der Waals surface area contributed by atoms with E-state index in [4.69, 9.17) is 0 Å². The summed E-state index contributed by atoms with van der Waals surface area (Å²) >= 11 is 0. The summed E-state index contributed by atoms with van der Waals surface area (Å²) < 4.78 is 0. The smallest absolute Gasteiger partial charge is 0.191 e. The van der Waals surface area contributed by atoms with E-state index in [-0.39, 0.29) is 30.1 Å². The van der Waals surface area contributed by atoms with E-state index in [1.54, 1.807) is 0 Å². The molecule has 4 nitrogen and oxygen atoms in total. The van der Waals surface area contributed by atoms with Gasteiger partial charge in [-0.2, -0.15) is 0 Å². The molecule has 118 valence electrons. The molecule has 0 amide bonds. The highest BCUT2D eigenvalue weighted by atomic mass is 127. The van der Waals surface area contributed by atoms with Crippen LogP contribution in [0.2, 0.25) is 0 Å².